The molecule has 0 radical (unpaired) electrons. The minimum atomic E-state index is -0.153. The normalized spacial score (nSPS) is 21.4. The first kappa shape index (κ1) is 5.51. The molecule has 0 saturated carbocycles. The summed E-state index contributed by atoms with van der Waals surface area (Å²) in [5.41, 5.74) is 0. The van der Waals surface area contributed by atoms with Gasteiger partial charge in [0.05, 0.1) is 0 Å². The Morgan fingerprint density at radius 2 is 2.43 bits per heavy atom. The average Bonchev–Trinajstić information content (AvgIpc) is 1.91. The van der Waals surface area contributed by atoms with Crippen molar-refractivity contribution in [1.29, 1.82) is 0 Å². The minimum absolute atomic E-state index is 0.153. The third-order valence-corrected chi connectivity index (χ3v) is 4.85. The summed E-state index contributed by atoms with van der Waals surface area (Å²) in [5.74, 6) is 0. The summed E-state index contributed by atoms with van der Waals surface area (Å²) in [6, 6.07) is 1.41. The maximum absolute atomic E-state index is 5.82. The Hall–Kier alpha value is 0.377. The van der Waals surface area contributed by atoms with Crippen LogP contribution in [-0.4, -0.2) is 13.0 Å². The molecule has 0 unspecified atom stereocenters. The summed E-state index contributed by atoms with van der Waals surface area (Å²) in [7, 11) is -0.153. The fraction of sp³-hybridized carbons (Fsp3) is 0.800. The van der Waals surface area contributed by atoms with Crippen LogP contribution in [0.1, 0.15) is 12.8 Å². The molecular weight excluding hydrogens is 124 g/mol. The number of rotatable bonds is 0. The predicted octanol–water partition coefficient (Wildman–Crippen LogP) is 1.86. The molecule has 1 aliphatic rings. The molecule has 0 N–H and O–H groups in total. The molecule has 0 aromatic carbocycles. The van der Waals surface area contributed by atoms with Gasteiger partial charge in [0.25, 0.3) is 0 Å². The van der Waals surface area contributed by atoms with Gasteiger partial charge in [-0.3, -0.25) is 0 Å². The number of hydrogen-bond acceptors (Lipinski definition) is 0. The van der Waals surface area contributed by atoms with Crippen molar-refractivity contribution in [2.24, 2.45) is 0 Å². The molecule has 7 heavy (non-hydrogen) atoms. The third kappa shape index (κ3) is 1.13. The lowest BCUT2D eigenvalue weighted by atomic mass is 10.4. The van der Waals surface area contributed by atoms with Gasteiger partial charge in [-0.25, -0.2) is 0 Å². The van der Waals surface area contributed by atoms with E-state index < -0.39 is 0 Å². The standard InChI is InChI=1S/C5H9ClSi/c1-7-4-2-3-5(7)6/h2-4H2,1H3. The van der Waals surface area contributed by atoms with Crippen LogP contribution in [0.2, 0.25) is 12.6 Å². The third-order valence-electron chi connectivity index (χ3n) is 1.41. The lowest BCUT2D eigenvalue weighted by Gasteiger charge is -1.83. The number of hydrogen-bond donors (Lipinski definition) is 0. The molecule has 2 heteroatoms. The van der Waals surface area contributed by atoms with Crippen LogP contribution in [0.5, 0.6) is 0 Å². The fourth-order valence-corrected chi connectivity index (χ4v) is 2.86. The van der Waals surface area contributed by atoms with Crippen molar-refractivity contribution >= 4 is 24.6 Å². The Bertz CT molecular complexity index is 94.6. The Balaban J connectivity index is 2.64. The van der Waals surface area contributed by atoms with Gasteiger partial charge in [-0.05, 0) is 23.5 Å². The lowest BCUT2D eigenvalue weighted by Crippen LogP contribution is -1.94. The van der Waals surface area contributed by atoms with Crippen molar-refractivity contribution in [1.82, 2.24) is 0 Å². The molecule has 0 atom stereocenters. The first-order chi connectivity index (χ1) is 3.30. The Morgan fingerprint density at radius 3 is 2.57 bits per heavy atom. The number of halogens is 1. The largest absolute Gasteiger partial charge is 0.0950 e. The van der Waals surface area contributed by atoms with E-state index >= 15 is 0 Å². The SMILES string of the molecule is C[Si]1=C(Cl)CCC1. The average molecular weight is 133 g/mol. The molecular formula is C5H9ClSi. The van der Waals surface area contributed by atoms with Crippen LogP contribution in [0.25, 0.3) is 0 Å². The fourth-order valence-electron chi connectivity index (χ4n) is 0.858. The maximum atomic E-state index is 5.82. The van der Waals surface area contributed by atoms with Crippen molar-refractivity contribution < 1.29 is 0 Å². The van der Waals surface area contributed by atoms with Gasteiger partial charge in [0.1, 0.15) is 0 Å². The van der Waals surface area contributed by atoms with E-state index in [0.717, 1.165) is 0 Å². The predicted molar refractivity (Wildman–Crippen MR) is 36.5 cm³/mol. The Morgan fingerprint density at radius 1 is 1.71 bits per heavy atom. The molecule has 0 bridgehead atoms. The van der Waals surface area contributed by atoms with E-state index in [2.05, 4.69) is 6.55 Å². The van der Waals surface area contributed by atoms with Gasteiger partial charge in [-0.2, -0.15) is 0 Å². The molecule has 0 nitrogen and oxygen atoms in total. The first-order valence-electron chi connectivity index (χ1n) is 2.65. The van der Waals surface area contributed by atoms with Crippen molar-refractivity contribution in [2.45, 2.75) is 25.4 Å². The summed E-state index contributed by atoms with van der Waals surface area (Å²) in [6.07, 6.45) is 2.55. The maximum Gasteiger partial charge on any atom is 0.0257 e. The van der Waals surface area contributed by atoms with Gasteiger partial charge in [0.15, 0.2) is 0 Å². The second-order valence-corrected chi connectivity index (χ2v) is 5.48. The van der Waals surface area contributed by atoms with E-state index in [4.69, 9.17) is 11.6 Å². The van der Waals surface area contributed by atoms with Crippen molar-refractivity contribution in [2.75, 3.05) is 0 Å². The second-order valence-electron chi connectivity index (χ2n) is 2.04. The van der Waals surface area contributed by atoms with Crippen molar-refractivity contribution in [3.63, 3.8) is 0 Å². The van der Waals surface area contributed by atoms with E-state index in [-0.39, 0.29) is 8.41 Å². The molecule has 0 aliphatic carbocycles. The molecule has 0 aromatic rings. The molecule has 0 saturated heterocycles. The topological polar surface area (TPSA) is 0 Å². The first-order valence-corrected chi connectivity index (χ1v) is 5.23. The van der Waals surface area contributed by atoms with Gasteiger partial charge < -0.3 is 0 Å². The molecule has 0 spiro atoms. The van der Waals surface area contributed by atoms with Gasteiger partial charge in [-0.1, -0.05) is 18.1 Å². The monoisotopic (exact) mass is 132 g/mol. The molecule has 0 fully saturated rings. The Kier molecular flexibility index (Phi) is 1.65. The van der Waals surface area contributed by atoms with Gasteiger partial charge in [0, 0.05) is 8.41 Å². The van der Waals surface area contributed by atoms with E-state index in [1.165, 1.54) is 23.5 Å². The van der Waals surface area contributed by atoms with Gasteiger partial charge in [0.2, 0.25) is 0 Å². The smallest absolute Gasteiger partial charge is 0.0257 e. The molecule has 0 aromatic heterocycles. The van der Waals surface area contributed by atoms with Crippen LogP contribution >= 0.6 is 11.6 Å². The zero-order valence-electron chi connectivity index (χ0n) is 4.50. The molecule has 40 valence electrons. The molecule has 1 heterocycles. The molecule has 1 rings (SSSR count). The van der Waals surface area contributed by atoms with Crippen LogP contribution in [0, 0.1) is 0 Å². The van der Waals surface area contributed by atoms with Crippen LogP contribution in [0.4, 0.5) is 0 Å². The van der Waals surface area contributed by atoms with Gasteiger partial charge >= 0.3 is 0 Å². The summed E-state index contributed by atoms with van der Waals surface area (Å²) in [4.78, 5) is 0. The quantitative estimate of drug-likeness (QED) is 0.442. The van der Waals surface area contributed by atoms with E-state index in [0.29, 0.717) is 0 Å². The summed E-state index contributed by atoms with van der Waals surface area (Å²) in [5, 5.41) is 0. The second kappa shape index (κ2) is 2.10. The highest BCUT2D eigenvalue weighted by Gasteiger charge is 2.06. The summed E-state index contributed by atoms with van der Waals surface area (Å²) < 4.78 is 1.28. The summed E-state index contributed by atoms with van der Waals surface area (Å²) in [6.45, 7) is 2.29. The van der Waals surface area contributed by atoms with Crippen molar-refractivity contribution in [3.8, 4) is 0 Å². The van der Waals surface area contributed by atoms with Crippen LogP contribution in [0.3, 0.4) is 0 Å². The van der Waals surface area contributed by atoms with Crippen LogP contribution < -0.4 is 0 Å². The van der Waals surface area contributed by atoms with Gasteiger partial charge in [-0.15, -0.1) is 0 Å². The molecule has 0 amide bonds. The highest BCUT2D eigenvalue weighted by atomic mass is 35.5. The zero-order valence-corrected chi connectivity index (χ0v) is 6.26. The highest BCUT2D eigenvalue weighted by molar-refractivity contribution is 6.93. The van der Waals surface area contributed by atoms with E-state index in [1.54, 1.807) is 0 Å². The zero-order chi connectivity index (χ0) is 5.28. The van der Waals surface area contributed by atoms with Crippen LogP contribution in [-0.2, 0) is 0 Å². The minimum Gasteiger partial charge on any atom is -0.0950 e. The highest BCUT2D eigenvalue weighted by Crippen LogP contribution is 2.11. The van der Waals surface area contributed by atoms with E-state index in [9.17, 15) is 0 Å². The summed E-state index contributed by atoms with van der Waals surface area (Å²) >= 11 is 5.82. The molecule has 1 aliphatic heterocycles. The van der Waals surface area contributed by atoms with Crippen molar-refractivity contribution in [3.05, 3.63) is 0 Å². The van der Waals surface area contributed by atoms with E-state index in [1.807, 2.05) is 0 Å². The van der Waals surface area contributed by atoms with Crippen LogP contribution in [0.15, 0.2) is 0 Å². The Labute approximate surface area is 50.7 Å². The lowest BCUT2D eigenvalue weighted by molar-refractivity contribution is 1.02.